The molecule has 4 unspecified atom stereocenters. The van der Waals surface area contributed by atoms with E-state index in [0.717, 1.165) is 11.1 Å². The number of amides is 3. The third-order valence-electron chi connectivity index (χ3n) is 7.19. The third-order valence-corrected chi connectivity index (χ3v) is 7.19. The molecule has 0 spiro atoms. The monoisotopic (exact) mass is 509 g/mol. The van der Waals surface area contributed by atoms with E-state index < -0.39 is 36.2 Å². The largest absolute Gasteiger partial charge is 0.366 e. The molecule has 0 radical (unpaired) electrons. The molecule has 37 heavy (non-hydrogen) atoms. The van der Waals surface area contributed by atoms with Gasteiger partial charge in [0.15, 0.2) is 6.10 Å². The number of carbonyl (C=O) groups is 3. The Kier molecular flexibility index (Phi) is 8.59. The van der Waals surface area contributed by atoms with Crippen LogP contribution in [0.4, 0.5) is 4.39 Å². The summed E-state index contributed by atoms with van der Waals surface area (Å²) in [6, 6.07) is 16.3. The highest BCUT2D eigenvalue weighted by atomic mass is 19.1. The van der Waals surface area contributed by atoms with Gasteiger partial charge >= 0.3 is 0 Å². The van der Waals surface area contributed by atoms with E-state index in [2.05, 4.69) is 31.3 Å². The second-order valence-electron chi connectivity index (χ2n) is 10.2. The summed E-state index contributed by atoms with van der Waals surface area (Å²) in [4.78, 5) is 41.8. The number of halogens is 1. The Labute approximate surface area is 218 Å². The van der Waals surface area contributed by atoms with Gasteiger partial charge in [-0.05, 0) is 29.0 Å². The van der Waals surface area contributed by atoms with Crippen LogP contribution < -0.4 is 5.32 Å². The molecule has 4 rings (SSSR count). The molecular weight excluding hydrogens is 473 g/mol. The van der Waals surface area contributed by atoms with Crippen LogP contribution in [0.2, 0.25) is 0 Å². The van der Waals surface area contributed by atoms with Crippen LogP contribution in [0.1, 0.15) is 62.3 Å². The molecule has 2 aromatic carbocycles. The third kappa shape index (κ3) is 6.36. The number of benzene rings is 2. The smallest absolute Gasteiger partial charge is 0.254 e. The van der Waals surface area contributed by atoms with Gasteiger partial charge in [-0.2, -0.15) is 0 Å². The SMILES string of the molecule is CC(=O)N1CCCOC(C(=O)N2CC(F)CC2C(=O)NC(c2ccccc2)c2ccc(C(C)C)cc2)C1. The quantitative estimate of drug-likeness (QED) is 0.646. The molecule has 8 heteroatoms. The molecule has 2 heterocycles. The molecule has 2 aliphatic rings. The number of nitrogens with zero attached hydrogens (tertiary/aromatic N) is 2. The van der Waals surface area contributed by atoms with Gasteiger partial charge in [-0.15, -0.1) is 0 Å². The highest BCUT2D eigenvalue weighted by Gasteiger charge is 2.43. The second-order valence-corrected chi connectivity index (χ2v) is 10.2. The molecule has 2 aromatic rings. The minimum absolute atomic E-state index is 0.0749. The van der Waals surface area contributed by atoms with Crippen LogP contribution in [0.25, 0.3) is 0 Å². The molecule has 0 bridgehead atoms. The van der Waals surface area contributed by atoms with Crippen molar-refractivity contribution < 1.29 is 23.5 Å². The lowest BCUT2D eigenvalue weighted by Gasteiger charge is -2.30. The lowest BCUT2D eigenvalue weighted by molar-refractivity contribution is -0.149. The number of carbonyl (C=O) groups excluding carboxylic acids is 3. The number of rotatable bonds is 6. The molecule has 198 valence electrons. The zero-order chi connectivity index (χ0) is 26.5. The minimum Gasteiger partial charge on any atom is -0.366 e. The van der Waals surface area contributed by atoms with Crippen LogP contribution in [0.15, 0.2) is 54.6 Å². The van der Waals surface area contributed by atoms with Gasteiger partial charge in [0, 0.05) is 26.5 Å². The van der Waals surface area contributed by atoms with Crippen LogP contribution in [0.3, 0.4) is 0 Å². The normalized spacial score (nSPS) is 23.0. The highest BCUT2D eigenvalue weighted by Crippen LogP contribution is 2.27. The van der Waals surface area contributed by atoms with E-state index in [9.17, 15) is 18.8 Å². The molecule has 0 aromatic heterocycles. The van der Waals surface area contributed by atoms with Crippen molar-refractivity contribution in [1.29, 1.82) is 0 Å². The van der Waals surface area contributed by atoms with E-state index in [4.69, 9.17) is 4.74 Å². The maximum absolute atomic E-state index is 14.6. The minimum atomic E-state index is -1.31. The van der Waals surface area contributed by atoms with E-state index in [0.29, 0.717) is 25.5 Å². The maximum Gasteiger partial charge on any atom is 0.254 e. The van der Waals surface area contributed by atoms with Gasteiger partial charge in [0.25, 0.3) is 5.91 Å². The molecule has 2 aliphatic heterocycles. The van der Waals surface area contributed by atoms with Crippen molar-refractivity contribution >= 4 is 17.7 Å². The van der Waals surface area contributed by atoms with Gasteiger partial charge in [0.05, 0.1) is 19.1 Å². The molecule has 2 saturated heterocycles. The Bertz CT molecular complexity index is 1090. The van der Waals surface area contributed by atoms with E-state index in [1.165, 1.54) is 17.4 Å². The standard InChI is InChI=1S/C29H36FN3O4/c1-19(2)21-10-12-23(13-11-21)27(22-8-5-4-6-9-22)31-28(35)25-16-24(30)17-33(25)29(36)26-18-32(20(3)34)14-7-15-37-26/h4-6,8-13,19,24-27H,7,14-18H2,1-3H3,(H,31,35). The van der Waals surface area contributed by atoms with Crippen molar-refractivity contribution in [1.82, 2.24) is 15.1 Å². The Hall–Kier alpha value is -3.26. The zero-order valence-electron chi connectivity index (χ0n) is 21.7. The predicted octanol–water partition coefficient (Wildman–Crippen LogP) is 3.59. The van der Waals surface area contributed by atoms with Crippen LogP contribution >= 0.6 is 0 Å². The van der Waals surface area contributed by atoms with Crippen molar-refractivity contribution in [3.63, 3.8) is 0 Å². The first-order valence-corrected chi connectivity index (χ1v) is 13.0. The summed E-state index contributed by atoms with van der Waals surface area (Å²) in [5.41, 5.74) is 2.99. The molecule has 0 saturated carbocycles. The van der Waals surface area contributed by atoms with Gasteiger partial charge in [-0.1, -0.05) is 68.4 Å². The zero-order valence-corrected chi connectivity index (χ0v) is 21.7. The summed E-state index contributed by atoms with van der Waals surface area (Å²) >= 11 is 0. The highest BCUT2D eigenvalue weighted by molar-refractivity contribution is 5.91. The number of hydrogen-bond donors (Lipinski definition) is 1. The fourth-order valence-electron chi connectivity index (χ4n) is 5.04. The topological polar surface area (TPSA) is 79.0 Å². The Balaban J connectivity index is 1.55. The molecule has 1 N–H and O–H groups in total. The predicted molar refractivity (Wildman–Crippen MR) is 139 cm³/mol. The van der Waals surface area contributed by atoms with E-state index >= 15 is 0 Å². The lowest BCUT2D eigenvalue weighted by Crippen LogP contribution is -2.52. The van der Waals surface area contributed by atoms with Gasteiger partial charge in [-0.3, -0.25) is 14.4 Å². The van der Waals surface area contributed by atoms with Crippen molar-refractivity contribution in [3.05, 3.63) is 71.3 Å². The molecule has 0 aliphatic carbocycles. The number of ether oxygens (including phenoxy) is 1. The average Bonchev–Trinajstić information content (AvgIpc) is 3.12. The van der Waals surface area contributed by atoms with Crippen LogP contribution in [0.5, 0.6) is 0 Å². The summed E-state index contributed by atoms with van der Waals surface area (Å²) in [6.45, 7) is 6.46. The lowest BCUT2D eigenvalue weighted by atomic mass is 9.95. The summed E-state index contributed by atoms with van der Waals surface area (Å²) in [5.74, 6) is -0.626. The first-order chi connectivity index (χ1) is 17.7. The summed E-state index contributed by atoms with van der Waals surface area (Å²) in [7, 11) is 0. The van der Waals surface area contributed by atoms with E-state index in [-0.39, 0.29) is 25.4 Å². The first kappa shape index (κ1) is 26.8. The summed E-state index contributed by atoms with van der Waals surface area (Å²) in [5, 5.41) is 3.08. The van der Waals surface area contributed by atoms with Gasteiger partial charge < -0.3 is 19.9 Å². The molecule has 2 fully saturated rings. The van der Waals surface area contributed by atoms with E-state index in [1.54, 1.807) is 4.90 Å². The fraction of sp³-hybridized carbons (Fsp3) is 0.483. The fourth-order valence-corrected chi connectivity index (χ4v) is 5.04. The number of nitrogens with one attached hydrogen (secondary N) is 1. The van der Waals surface area contributed by atoms with Crippen molar-refractivity contribution in [2.24, 2.45) is 0 Å². The number of hydrogen-bond acceptors (Lipinski definition) is 4. The van der Waals surface area contributed by atoms with Gasteiger partial charge in [0.2, 0.25) is 11.8 Å². The molecular formula is C29H36FN3O4. The molecule has 3 amide bonds. The van der Waals surface area contributed by atoms with Crippen LogP contribution in [0, 0.1) is 0 Å². The number of alkyl halides is 1. The van der Waals surface area contributed by atoms with Gasteiger partial charge in [-0.25, -0.2) is 4.39 Å². The van der Waals surface area contributed by atoms with Crippen molar-refractivity contribution in [2.45, 2.75) is 63.9 Å². The maximum atomic E-state index is 14.6. The first-order valence-electron chi connectivity index (χ1n) is 13.0. The summed E-state index contributed by atoms with van der Waals surface area (Å²) in [6.07, 6.45) is -1.68. The number of likely N-dealkylation sites (tertiary alicyclic amines) is 1. The van der Waals surface area contributed by atoms with E-state index in [1.807, 2.05) is 42.5 Å². The Morgan fingerprint density at radius 3 is 2.27 bits per heavy atom. The van der Waals surface area contributed by atoms with Crippen LogP contribution in [-0.4, -0.2) is 72.1 Å². The van der Waals surface area contributed by atoms with Crippen molar-refractivity contribution in [2.75, 3.05) is 26.2 Å². The van der Waals surface area contributed by atoms with Crippen molar-refractivity contribution in [3.8, 4) is 0 Å². The molecule has 4 atom stereocenters. The summed E-state index contributed by atoms with van der Waals surface area (Å²) < 4.78 is 20.4. The average molecular weight is 510 g/mol. The Morgan fingerprint density at radius 1 is 0.973 bits per heavy atom. The molecule has 7 nitrogen and oxygen atoms in total. The van der Waals surface area contributed by atoms with Crippen LogP contribution in [-0.2, 0) is 19.1 Å². The Morgan fingerprint density at radius 2 is 1.62 bits per heavy atom. The second kappa shape index (κ2) is 11.9. The van der Waals surface area contributed by atoms with Gasteiger partial charge in [0.1, 0.15) is 12.2 Å².